The van der Waals surface area contributed by atoms with Gasteiger partial charge in [-0.1, -0.05) is 12.1 Å². The first kappa shape index (κ1) is 20.2. The van der Waals surface area contributed by atoms with Gasteiger partial charge in [-0.05, 0) is 59.7 Å². The molecule has 32 heavy (non-hydrogen) atoms. The Morgan fingerprint density at radius 3 is 2.47 bits per heavy atom. The Balaban J connectivity index is 1.43. The van der Waals surface area contributed by atoms with Crippen molar-refractivity contribution >= 4 is 26.8 Å². The Labute approximate surface area is 184 Å². The Bertz CT molecular complexity index is 1430. The van der Waals surface area contributed by atoms with Gasteiger partial charge in [-0.15, -0.1) is 0 Å². The van der Waals surface area contributed by atoms with E-state index in [-0.39, 0.29) is 10.8 Å². The lowest BCUT2D eigenvalue weighted by Gasteiger charge is -2.20. The fourth-order valence-corrected chi connectivity index (χ4v) is 4.42. The molecule has 3 aromatic carbocycles. The molecule has 162 valence electrons. The Hall–Kier alpha value is -3.72. The topological polar surface area (TPSA) is 105 Å². The van der Waals surface area contributed by atoms with E-state index in [1.54, 1.807) is 17.0 Å². The maximum atomic E-state index is 13.1. The van der Waals surface area contributed by atoms with E-state index in [1.807, 2.05) is 36.4 Å². The zero-order valence-corrected chi connectivity index (χ0v) is 18.1. The zero-order valence-electron chi connectivity index (χ0n) is 17.3. The third kappa shape index (κ3) is 3.82. The molecule has 8 nitrogen and oxygen atoms in total. The van der Waals surface area contributed by atoms with Crippen molar-refractivity contribution in [2.24, 2.45) is 0 Å². The summed E-state index contributed by atoms with van der Waals surface area (Å²) in [6, 6.07) is 17.8. The first-order valence-corrected chi connectivity index (χ1v) is 11.9. The summed E-state index contributed by atoms with van der Waals surface area (Å²) in [4.78, 5) is 15.0. The van der Waals surface area contributed by atoms with Crippen molar-refractivity contribution < 1.29 is 17.9 Å². The lowest BCUT2D eigenvalue weighted by Crippen LogP contribution is -2.32. The molecule has 1 aliphatic heterocycles. The minimum atomic E-state index is -3.31. The van der Waals surface area contributed by atoms with Crippen molar-refractivity contribution in [3.8, 4) is 16.9 Å². The molecule has 1 amide bonds. The first-order valence-electron chi connectivity index (χ1n) is 10.0. The number of ether oxygens (including phenoxy) is 1. The zero-order chi connectivity index (χ0) is 22.3. The third-order valence-electron chi connectivity index (χ3n) is 5.51. The highest BCUT2D eigenvalue weighted by Crippen LogP contribution is 2.30. The van der Waals surface area contributed by atoms with Gasteiger partial charge < -0.3 is 9.64 Å². The Morgan fingerprint density at radius 1 is 0.969 bits per heavy atom. The number of aromatic amines is 1. The number of rotatable bonds is 3. The number of carbonyl (C=O) groups is 1. The van der Waals surface area contributed by atoms with E-state index in [2.05, 4.69) is 15.4 Å². The molecule has 0 saturated carbocycles. The molecule has 1 N–H and O–H groups in total. The fourth-order valence-electron chi connectivity index (χ4n) is 3.79. The number of carbonyl (C=O) groups excluding carboxylic acids is 1. The average molecular weight is 449 g/mol. The second-order valence-corrected chi connectivity index (χ2v) is 9.74. The number of benzene rings is 3. The normalized spacial score (nSPS) is 14.0. The van der Waals surface area contributed by atoms with Gasteiger partial charge in [0, 0.05) is 23.9 Å². The number of nitrogens with one attached hydrogen (secondary N) is 1. The summed E-state index contributed by atoms with van der Waals surface area (Å²) < 4.78 is 29.2. The first-order chi connectivity index (χ1) is 15.4. The van der Waals surface area contributed by atoms with Crippen LogP contribution in [0.4, 0.5) is 0 Å². The molecule has 0 unspecified atom stereocenters. The number of sulfone groups is 1. The molecule has 2 heterocycles. The molecular formula is C23H20N4O4S. The van der Waals surface area contributed by atoms with Crippen LogP contribution in [0.5, 0.6) is 5.75 Å². The summed E-state index contributed by atoms with van der Waals surface area (Å²) in [5.74, 6) is 0.579. The van der Waals surface area contributed by atoms with Crippen molar-refractivity contribution in [1.29, 1.82) is 0 Å². The second-order valence-electron chi connectivity index (χ2n) is 7.72. The summed E-state index contributed by atoms with van der Waals surface area (Å²) in [6.07, 6.45) is 1.14. The van der Waals surface area contributed by atoms with Crippen molar-refractivity contribution in [3.63, 3.8) is 0 Å². The predicted molar refractivity (Wildman–Crippen MR) is 119 cm³/mol. The lowest BCUT2D eigenvalue weighted by atomic mass is 10.0. The molecule has 4 aromatic rings. The quantitative estimate of drug-likeness (QED) is 0.516. The van der Waals surface area contributed by atoms with Crippen molar-refractivity contribution in [3.05, 3.63) is 71.8 Å². The van der Waals surface area contributed by atoms with Crippen molar-refractivity contribution in [2.75, 3.05) is 19.4 Å². The second kappa shape index (κ2) is 7.76. The van der Waals surface area contributed by atoms with Gasteiger partial charge >= 0.3 is 0 Å². The van der Waals surface area contributed by atoms with Gasteiger partial charge in [0.15, 0.2) is 9.84 Å². The Kier molecular flexibility index (Phi) is 4.90. The van der Waals surface area contributed by atoms with E-state index < -0.39 is 9.84 Å². The van der Waals surface area contributed by atoms with Crippen LogP contribution in [0.15, 0.2) is 65.6 Å². The summed E-state index contributed by atoms with van der Waals surface area (Å²) in [5, 5.41) is 10.8. The van der Waals surface area contributed by atoms with E-state index in [1.165, 1.54) is 12.1 Å². The molecule has 1 aromatic heterocycles. The van der Waals surface area contributed by atoms with Gasteiger partial charge in [-0.25, -0.2) is 8.42 Å². The van der Waals surface area contributed by atoms with Crippen LogP contribution in [-0.2, 0) is 16.4 Å². The highest BCUT2D eigenvalue weighted by molar-refractivity contribution is 7.90. The molecule has 0 fully saturated rings. The summed E-state index contributed by atoms with van der Waals surface area (Å²) >= 11 is 0. The minimum absolute atomic E-state index is 0.170. The van der Waals surface area contributed by atoms with Crippen molar-refractivity contribution in [2.45, 2.75) is 11.4 Å². The van der Waals surface area contributed by atoms with E-state index in [0.29, 0.717) is 25.3 Å². The predicted octanol–water partition coefficient (Wildman–Crippen LogP) is 3.06. The van der Waals surface area contributed by atoms with Gasteiger partial charge in [-0.3, -0.25) is 4.79 Å². The van der Waals surface area contributed by atoms with E-state index in [4.69, 9.17) is 4.74 Å². The molecule has 1 aliphatic rings. The van der Waals surface area contributed by atoms with E-state index in [0.717, 1.165) is 39.7 Å². The van der Waals surface area contributed by atoms with Gasteiger partial charge in [0.25, 0.3) is 5.91 Å². The summed E-state index contributed by atoms with van der Waals surface area (Å²) in [7, 11) is -3.31. The van der Waals surface area contributed by atoms with Gasteiger partial charge in [0.05, 0.1) is 11.4 Å². The average Bonchev–Trinajstić information content (AvgIpc) is 3.15. The van der Waals surface area contributed by atoms with Crippen LogP contribution < -0.4 is 4.74 Å². The molecule has 0 bridgehead atoms. The standard InChI is InChI=1S/C23H20N4O4S/c1-32(29,30)19-6-2-15(3-7-19)23(28)27-10-11-31-22-9-5-16(12-18(22)14-27)17-4-8-20-21(13-17)25-26-24-20/h2-9,12-13H,10-11,14H2,1H3,(H,24,25,26). The third-order valence-corrected chi connectivity index (χ3v) is 6.64. The minimum Gasteiger partial charge on any atom is -0.491 e. The van der Waals surface area contributed by atoms with E-state index in [9.17, 15) is 13.2 Å². The van der Waals surface area contributed by atoms with Gasteiger partial charge in [-0.2, -0.15) is 15.4 Å². The molecule has 0 aliphatic carbocycles. The number of aromatic nitrogens is 3. The van der Waals surface area contributed by atoms with Gasteiger partial charge in [0.2, 0.25) is 0 Å². The largest absolute Gasteiger partial charge is 0.491 e. The van der Waals surface area contributed by atoms with Crippen LogP contribution in [0, 0.1) is 0 Å². The Morgan fingerprint density at radius 2 is 1.69 bits per heavy atom. The van der Waals surface area contributed by atoms with Crippen LogP contribution in [-0.4, -0.2) is 54.0 Å². The van der Waals surface area contributed by atoms with Gasteiger partial charge in [0.1, 0.15) is 23.4 Å². The summed E-state index contributed by atoms with van der Waals surface area (Å²) in [5.41, 5.74) is 4.90. The molecule has 5 rings (SSSR count). The highest BCUT2D eigenvalue weighted by Gasteiger charge is 2.22. The van der Waals surface area contributed by atoms with Crippen LogP contribution in [0.1, 0.15) is 15.9 Å². The van der Waals surface area contributed by atoms with Crippen LogP contribution in [0.3, 0.4) is 0 Å². The molecule has 0 atom stereocenters. The lowest BCUT2D eigenvalue weighted by molar-refractivity contribution is 0.0733. The number of nitrogens with zero attached hydrogens (tertiary/aromatic N) is 3. The van der Waals surface area contributed by atoms with Crippen molar-refractivity contribution in [1.82, 2.24) is 20.3 Å². The molecule has 0 radical (unpaired) electrons. The fraction of sp³-hybridized carbons (Fsp3) is 0.174. The summed E-state index contributed by atoms with van der Waals surface area (Å²) in [6.45, 7) is 1.20. The highest BCUT2D eigenvalue weighted by atomic mass is 32.2. The number of H-pyrrole nitrogens is 1. The monoisotopic (exact) mass is 448 g/mol. The molecule has 0 saturated heterocycles. The molecule has 9 heteroatoms. The maximum Gasteiger partial charge on any atom is 0.254 e. The number of fused-ring (bicyclic) bond motifs is 2. The van der Waals surface area contributed by atoms with Crippen LogP contribution >= 0.6 is 0 Å². The van der Waals surface area contributed by atoms with Crippen LogP contribution in [0.2, 0.25) is 0 Å². The number of amides is 1. The maximum absolute atomic E-state index is 13.1. The number of hydrogen-bond donors (Lipinski definition) is 1. The van der Waals surface area contributed by atoms with E-state index >= 15 is 0 Å². The smallest absolute Gasteiger partial charge is 0.254 e. The number of hydrogen-bond acceptors (Lipinski definition) is 6. The molecular weight excluding hydrogens is 428 g/mol. The van der Waals surface area contributed by atoms with Crippen LogP contribution in [0.25, 0.3) is 22.2 Å². The molecule has 0 spiro atoms. The SMILES string of the molecule is CS(=O)(=O)c1ccc(C(=O)N2CCOc3ccc(-c4ccc5n[nH]nc5c4)cc3C2)cc1.